The van der Waals surface area contributed by atoms with E-state index in [1.54, 1.807) is 0 Å². The van der Waals surface area contributed by atoms with Crippen molar-refractivity contribution in [3.63, 3.8) is 0 Å². The van der Waals surface area contributed by atoms with Gasteiger partial charge in [0.25, 0.3) is 20.1 Å². The number of fused-ring (bicyclic) bond motifs is 12. The van der Waals surface area contributed by atoms with E-state index in [0.29, 0.717) is 0 Å². The van der Waals surface area contributed by atoms with Gasteiger partial charge >= 0.3 is 0 Å². The summed E-state index contributed by atoms with van der Waals surface area (Å²) in [5, 5.41) is 0. The molecule has 0 spiro atoms. The first kappa shape index (κ1) is 33.7. The standard InChI is InChI=1S/C54H31B3N2O4/c1-3-14-32(15-4-1)58-40-20-11-24-46-52(40)55(34-18-7-9-22-44(34)60-46)36-28-38-50(30-42(36)58)62-48-26-13-27-49-54(48)57(38)39-29-37-43(31-51(39)63-49)59(33-16-5-2-6-17-33)41-21-12-25-47-53(41)56(37)35-19-8-10-23-45(35)61-47/h1-31H. The highest BCUT2D eigenvalue weighted by Crippen LogP contribution is 2.45. The zero-order valence-corrected chi connectivity index (χ0v) is 33.7. The van der Waals surface area contributed by atoms with Crippen molar-refractivity contribution in [2.45, 2.75) is 0 Å². The minimum absolute atomic E-state index is 0.0611. The van der Waals surface area contributed by atoms with E-state index in [4.69, 9.17) is 18.9 Å². The van der Waals surface area contributed by atoms with Gasteiger partial charge in [-0.05, 0) is 116 Å². The molecule has 0 fully saturated rings. The van der Waals surface area contributed by atoms with Crippen LogP contribution in [-0.4, -0.2) is 20.1 Å². The molecule has 0 aromatic heterocycles. The van der Waals surface area contributed by atoms with E-state index in [2.05, 4.69) is 192 Å². The van der Waals surface area contributed by atoms with E-state index in [1.807, 2.05) is 6.07 Å². The Bertz CT molecular complexity index is 3250. The van der Waals surface area contributed by atoms with E-state index in [9.17, 15) is 0 Å². The number of hydrogen-bond acceptors (Lipinski definition) is 6. The van der Waals surface area contributed by atoms with Gasteiger partial charge in [-0.25, -0.2) is 0 Å². The van der Waals surface area contributed by atoms with Gasteiger partial charge in [0.15, 0.2) is 0 Å². The third-order valence-corrected chi connectivity index (χ3v) is 13.9. The van der Waals surface area contributed by atoms with Crippen LogP contribution < -0.4 is 77.9 Å². The van der Waals surface area contributed by atoms with Gasteiger partial charge < -0.3 is 28.7 Å². The normalized spacial score (nSPS) is 14.4. The quantitative estimate of drug-likeness (QED) is 0.172. The Morgan fingerprint density at radius 3 is 1.10 bits per heavy atom. The minimum Gasteiger partial charge on any atom is -0.458 e. The van der Waals surface area contributed by atoms with Crippen molar-refractivity contribution in [2.24, 2.45) is 0 Å². The molecule has 6 aliphatic rings. The summed E-state index contributed by atoms with van der Waals surface area (Å²) in [6, 6.07) is 66.7. The van der Waals surface area contributed by atoms with Crippen LogP contribution in [0.2, 0.25) is 0 Å². The van der Waals surface area contributed by atoms with Gasteiger partial charge in [0.05, 0.1) is 0 Å². The number of rotatable bonds is 2. The van der Waals surface area contributed by atoms with Crippen LogP contribution in [0.15, 0.2) is 188 Å². The molecule has 6 nitrogen and oxygen atoms in total. The van der Waals surface area contributed by atoms with Crippen LogP contribution in [0.5, 0.6) is 46.0 Å². The largest absolute Gasteiger partial charge is 0.458 e. The molecule has 0 amide bonds. The second-order valence-electron chi connectivity index (χ2n) is 17.1. The molecule has 15 rings (SSSR count). The van der Waals surface area contributed by atoms with Gasteiger partial charge in [-0.15, -0.1) is 0 Å². The number of anilines is 6. The lowest BCUT2D eigenvalue weighted by Crippen LogP contribution is -2.64. The molecule has 0 atom stereocenters. The molecule has 0 saturated carbocycles. The maximum atomic E-state index is 7.05. The third-order valence-electron chi connectivity index (χ3n) is 13.9. The smallest absolute Gasteiger partial charge is 0.260 e. The molecular weight excluding hydrogens is 773 g/mol. The van der Waals surface area contributed by atoms with Gasteiger partial charge in [-0.3, -0.25) is 0 Å². The van der Waals surface area contributed by atoms with Crippen LogP contribution in [0.1, 0.15) is 0 Å². The zero-order chi connectivity index (χ0) is 40.9. The van der Waals surface area contributed by atoms with Crippen molar-refractivity contribution < 1.29 is 18.9 Å². The Hall–Kier alpha value is -8.03. The summed E-state index contributed by atoms with van der Waals surface area (Å²) in [7, 11) is 0. The van der Waals surface area contributed by atoms with Crippen molar-refractivity contribution in [1.29, 1.82) is 0 Å². The average molecular weight is 804 g/mol. The summed E-state index contributed by atoms with van der Waals surface area (Å²) < 4.78 is 27.5. The first-order chi connectivity index (χ1) is 31.2. The van der Waals surface area contributed by atoms with Gasteiger partial charge in [-0.2, -0.15) is 0 Å². The fourth-order valence-electron chi connectivity index (χ4n) is 11.4. The molecule has 0 unspecified atom stereocenters. The molecule has 6 aliphatic heterocycles. The Morgan fingerprint density at radius 2 is 0.619 bits per heavy atom. The molecule has 0 N–H and O–H groups in total. The van der Waals surface area contributed by atoms with Crippen molar-refractivity contribution in [2.75, 3.05) is 9.80 Å². The van der Waals surface area contributed by atoms with Crippen LogP contribution >= 0.6 is 0 Å². The lowest BCUT2D eigenvalue weighted by Gasteiger charge is -2.42. The maximum Gasteiger partial charge on any atom is 0.260 e. The number of ether oxygens (including phenoxy) is 4. The summed E-state index contributed by atoms with van der Waals surface area (Å²) in [5.41, 5.74) is 16.8. The van der Waals surface area contributed by atoms with E-state index in [0.717, 1.165) is 107 Å². The Morgan fingerprint density at radius 1 is 0.254 bits per heavy atom. The van der Waals surface area contributed by atoms with Crippen LogP contribution in [-0.2, 0) is 0 Å². The maximum absolute atomic E-state index is 7.05. The molecule has 6 heterocycles. The summed E-state index contributed by atoms with van der Waals surface area (Å²) >= 11 is 0. The molecular formula is C54H31B3N2O4. The summed E-state index contributed by atoms with van der Waals surface area (Å²) in [6.07, 6.45) is 0. The first-order valence-corrected chi connectivity index (χ1v) is 21.6. The van der Waals surface area contributed by atoms with Crippen molar-refractivity contribution >= 4 is 103 Å². The molecule has 0 saturated heterocycles. The average Bonchev–Trinajstić information content (AvgIpc) is 3.33. The molecule has 0 bridgehead atoms. The van der Waals surface area contributed by atoms with Crippen LogP contribution in [0.3, 0.4) is 0 Å². The number of benzene rings is 9. The fourth-order valence-corrected chi connectivity index (χ4v) is 11.4. The molecule has 9 aromatic carbocycles. The highest BCUT2D eigenvalue weighted by Gasteiger charge is 2.48. The lowest BCUT2D eigenvalue weighted by molar-refractivity contribution is 0.465. The lowest BCUT2D eigenvalue weighted by atomic mass is 9.30. The first-order valence-electron chi connectivity index (χ1n) is 21.6. The molecule has 0 radical (unpaired) electrons. The Kier molecular flexibility index (Phi) is 6.57. The fraction of sp³-hybridized carbons (Fsp3) is 0. The molecule has 9 heteroatoms. The van der Waals surface area contributed by atoms with Gasteiger partial charge in [0.2, 0.25) is 0 Å². The van der Waals surface area contributed by atoms with E-state index >= 15 is 0 Å². The highest BCUT2D eigenvalue weighted by molar-refractivity contribution is 7.03. The zero-order valence-electron chi connectivity index (χ0n) is 33.7. The predicted octanol–water partition coefficient (Wildman–Crippen LogP) is 7.22. The van der Waals surface area contributed by atoms with Crippen molar-refractivity contribution in [3.05, 3.63) is 188 Å². The number of nitrogens with zero attached hydrogens (tertiary/aromatic N) is 2. The SMILES string of the molecule is c1ccc(N2c3cc4c(cc3B3c5ccccc5Oc5cccc2c53)B2c3cc5c(cc3Oc3cccc(c32)O4)N(c2ccccc2)c2cccc3c2B5c2ccccc2O3)cc1. The van der Waals surface area contributed by atoms with Gasteiger partial charge in [0.1, 0.15) is 46.0 Å². The molecule has 290 valence electrons. The van der Waals surface area contributed by atoms with Crippen molar-refractivity contribution in [3.8, 4) is 46.0 Å². The van der Waals surface area contributed by atoms with Gasteiger partial charge in [-0.1, -0.05) is 103 Å². The monoisotopic (exact) mass is 804 g/mol. The number of hydrogen-bond donors (Lipinski definition) is 0. The topological polar surface area (TPSA) is 43.4 Å². The number of para-hydroxylation sites is 4. The van der Waals surface area contributed by atoms with Gasteiger partial charge in [0, 0.05) is 51.7 Å². The third kappa shape index (κ3) is 4.50. The summed E-state index contributed by atoms with van der Waals surface area (Å²) in [4.78, 5) is 4.75. The second-order valence-corrected chi connectivity index (χ2v) is 17.1. The van der Waals surface area contributed by atoms with Crippen LogP contribution in [0.4, 0.5) is 34.1 Å². The molecule has 9 aromatic rings. The summed E-state index contributed by atoms with van der Waals surface area (Å²) in [6.45, 7) is -0.295. The molecule has 0 aliphatic carbocycles. The molecule has 63 heavy (non-hydrogen) atoms. The van der Waals surface area contributed by atoms with Crippen LogP contribution in [0.25, 0.3) is 0 Å². The second kappa shape index (κ2) is 12.3. The van der Waals surface area contributed by atoms with E-state index in [1.165, 1.54) is 21.9 Å². The Labute approximate surface area is 364 Å². The Balaban J connectivity index is 1.00. The summed E-state index contributed by atoms with van der Waals surface area (Å²) in [5.74, 6) is 6.83. The van der Waals surface area contributed by atoms with Crippen molar-refractivity contribution in [1.82, 2.24) is 0 Å². The van der Waals surface area contributed by atoms with E-state index in [-0.39, 0.29) is 20.1 Å². The van der Waals surface area contributed by atoms with Crippen LogP contribution in [0, 0.1) is 0 Å². The predicted molar refractivity (Wildman–Crippen MR) is 256 cm³/mol. The highest BCUT2D eigenvalue weighted by atomic mass is 16.5. The minimum atomic E-state index is -0.173. The van der Waals surface area contributed by atoms with E-state index < -0.39 is 0 Å².